The van der Waals surface area contributed by atoms with Gasteiger partial charge in [-0.05, 0) is 24.6 Å². The molecule has 4 heteroatoms. The Morgan fingerprint density at radius 2 is 2.05 bits per heavy atom. The van der Waals surface area contributed by atoms with E-state index in [2.05, 4.69) is 46.4 Å². The first kappa shape index (κ1) is 12.9. The lowest BCUT2D eigenvalue weighted by Crippen LogP contribution is -2.42. The first-order valence-corrected chi connectivity index (χ1v) is 7.09. The second kappa shape index (κ2) is 5.45. The molecule has 0 unspecified atom stereocenters. The monoisotopic (exact) mass is 275 g/mol. The summed E-state index contributed by atoms with van der Waals surface area (Å²) in [6, 6.07) is 8.49. The third-order valence-electron chi connectivity index (χ3n) is 3.60. The summed E-state index contributed by atoms with van der Waals surface area (Å²) < 4.78 is 0. The van der Waals surface area contributed by atoms with Gasteiger partial charge in [-0.1, -0.05) is 23.7 Å². The minimum atomic E-state index is 0.636. The zero-order valence-electron chi connectivity index (χ0n) is 11.1. The third-order valence-corrected chi connectivity index (χ3v) is 3.93. The Labute approximate surface area is 118 Å². The Balaban J connectivity index is 1.90. The highest BCUT2D eigenvalue weighted by molar-refractivity contribution is 6.30. The average Bonchev–Trinajstić information content (AvgIpc) is 2.41. The fraction of sp³-hybridized carbons (Fsp3) is 0.400. The van der Waals surface area contributed by atoms with Gasteiger partial charge in [0.25, 0.3) is 0 Å². The van der Waals surface area contributed by atoms with Crippen molar-refractivity contribution in [2.24, 2.45) is 0 Å². The maximum Gasteiger partial charge on any atom is 0.134 e. The Morgan fingerprint density at radius 3 is 2.84 bits per heavy atom. The first-order valence-electron chi connectivity index (χ1n) is 6.71. The molecule has 1 aromatic carbocycles. The van der Waals surface area contributed by atoms with Gasteiger partial charge in [0.15, 0.2) is 0 Å². The first-order chi connectivity index (χ1) is 9.22. The summed E-state index contributed by atoms with van der Waals surface area (Å²) in [7, 11) is 0. The van der Waals surface area contributed by atoms with Crippen molar-refractivity contribution in [3.05, 3.63) is 40.5 Å². The van der Waals surface area contributed by atoms with Gasteiger partial charge in [-0.25, -0.2) is 4.98 Å². The van der Waals surface area contributed by atoms with Crippen molar-refractivity contribution >= 4 is 22.5 Å². The second-order valence-electron chi connectivity index (χ2n) is 5.16. The van der Waals surface area contributed by atoms with Gasteiger partial charge < -0.3 is 5.32 Å². The van der Waals surface area contributed by atoms with E-state index in [1.165, 1.54) is 10.9 Å². The Kier molecular flexibility index (Phi) is 3.69. The maximum atomic E-state index is 6.32. The van der Waals surface area contributed by atoms with Crippen LogP contribution in [0.4, 0.5) is 0 Å². The molecule has 1 aliphatic heterocycles. The smallest absolute Gasteiger partial charge is 0.134 e. The van der Waals surface area contributed by atoms with Crippen molar-refractivity contribution in [3.63, 3.8) is 0 Å². The SMILES string of the molecule is Cc1ccc2cc(CN3CCNCC3)c(Cl)nc2c1. The number of nitrogens with zero attached hydrogens (tertiary/aromatic N) is 2. The van der Waals surface area contributed by atoms with Gasteiger partial charge >= 0.3 is 0 Å². The fourth-order valence-electron chi connectivity index (χ4n) is 2.52. The van der Waals surface area contributed by atoms with Crippen molar-refractivity contribution < 1.29 is 0 Å². The van der Waals surface area contributed by atoms with Crippen LogP contribution in [0.1, 0.15) is 11.1 Å². The molecule has 3 nitrogen and oxygen atoms in total. The molecule has 1 saturated heterocycles. The van der Waals surface area contributed by atoms with E-state index in [0.29, 0.717) is 5.15 Å². The zero-order chi connectivity index (χ0) is 13.2. The molecular formula is C15H18ClN3. The fourth-order valence-corrected chi connectivity index (χ4v) is 2.72. The lowest BCUT2D eigenvalue weighted by atomic mass is 10.1. The van der Waals surface area contributed by atoms with Gasteiger partial charge in [-0.15, -0.1) is 0 Å². The number of rotatable bonds is 2. The molecule has 1 aromatic heterocycles. The summed E-state index contributed by atoms with van der Waals surface area (Å²) in [4.78, 5) is 6.94. The van der Waals surface area contributed by atoms with Crippen LogP contribution in [0.5, 0.6) is 0 Å². The molecule has 0 aliphatic carbocycles. The molecule has 2 aromatic rings. The number of hydrogen-bond acceptors (Lipinski definition) is 3. The van der Waals surface area contributed by atoms with Crippen LogP contribution in [-0.4, -0.2) is 36.1 Å². The lowest BCUT2D eigenvalue weighted by molar-refractivity contribution is 0.233. The Morgan fingerprint density at radius 1 is 1.26 bits per heavy atom. The van der Waals surface area contributed by atoms with Gasteiger partial charge in [0.2, 0.25) is 0 Å². The van der Waals surface area contributed by atoms with Gasteiger partial charge in [0.05, 0.1) is 5.52 Å². The molecule has 0 radical (unpaired) electrons. The largest absolute Gasteiger partial charge is 0.314 e. The highest BCUT2D eigenvalue weighted by atomic mass is 35.5. The summed E-state index contributed by atoms with van der Waals surface area (Å²) >= 11 is 6.32. The summed E-state index contributed by atoms with van der Waals surface area (Å²) in [5.41, 5.74) is 3.32. The van der Waals surface area contributed by atoms with E-state index in [0.717, 1.165) is 43.8 Å². The second-order valence-corrected chi connectivity index (χ2v) is 5.52. The van der Waals surface area contributed by atoms with Gasteiger partial charge in [0, 0.05) is 43.7 Å². The van der Waals surface area contributed by atoms with Crippen LogP contribution in [0.25, 0.3) is 10.9 Å². The third kappa shape index (κ3) is 2.89. The number of aryl methyl sites for hydroxylation is 1. The van der Waals surface area contributed by atoms with Crippen LogP contribution < -0.4 is 5.32 Å². The van der Waals surface area contributed by atoms with E-state index in [-0.39, 0.29) is 0 Å². The molecule has 1 aliphatic rings. The number of piperazine rings is 1. The topological polar surface area (TPSA) is 28.2 Å². The maximum absolute atomic E-state index is 6.32. The number of pyridine rings is 1. The Hall–Kier alpha value is -1.16. The van der Waals surface area contributed by atoms with Crippen molar-refractivity contribution in [1.29, 1.82) is 0 Å². The summed E-state index contributed by atoms with van der Waals surface area (Å²) in [6.45, 7) is 7.21. The van der Waals surface area contributed by atoms with E-state index < -0.39 is 0 Å². The van der Waals surface area contributed by atoms with Crippen molar-refractivity contribution in [3.8, 4) is 0 Å². The van der Waals surface area contributed by atoms with Crippen molar-refractivity contribution in [2.75, 3.05) is 26.2 Å². The number of benzene rings is 1. The molecule has 1 N–H and O–H groups in total. The van der Waals surface area contributed by atoms with E-state index in [4.69, 9.17) is 11.6 Å². The Bertz CT molecular complexity index is 591. The normalized spacial score (nSPS) is 16.9. The van der Waals surface area contributed by atoms with Crippen molar-refractivity contribution in [1.82, 2.24) is 15.2 Å². The average molecular weight is 276 g/mol. The van der Waals surface area contributed by atoms with Crippen LogP contribution in [0.15, 0.2) is 24.3 Å². The molecule has 0 spiro atoms. The van der Waals surface area contributed by atoms with E-state index in [9.17, 15) is 0 Å². The van der Waals surface area contributed by atoms with Crippen LogP contribution in [0.2, 0.25) is 5.15 Å². The zero-order valence-corrected chi connectivity index (χ0v) is 11.9. The van der Waals surface area contributed by atoms with Crippen LogP contribution in [0, 0.1) is 6.92 Å². The van der Waals surface area contributed by atoms with Gasteiger partial charge in [-0.2, -0.15) is 0 Å². The van der Waals surface area contributed by atoms with Crippen molar-refractivity contribution in [2.45, 2.75) is 13.5 Å². The molecule has 2 heterocycles. The van der Waals surface area contributed by atoms with Gasteiger partial charge in [0.1, 0.15) is 5.15 Å². The number of nitrogens with one attached hydrogen (secondary N) is 1. The minimum Gasteiger partial charge on any atom is -0.314 e. The van der Waals surface area contributed by atoms with Crippen LogP contribution in [-0.2, 0) is 6.54 Å². The lowest BCUT2D eigenvalue weighted by Gasteiger charge is -2.27. The number of fused-ring (bicyclic) bond motifs is 1. The minimum absolute atomic E-state index is 0.636. The van der Waals surface area contributed by atoms with E-state index >= 15 is 0 Å². The quantitative estimate of drug-likeness (QED) is 0.854. The molecule has 100 valence electrons. The predicted octanol–water partition coefficient (Wildman–Crippen LogP) is 2.60. The number of hydrogen-bond donors (Lipinski definition) is 1. The molecular weight excluding hydrogens is 258 g/mol. The number of aromatic nitrogens is 1. The molecule has 3 rings (SSSR count). The standard InChI is InChI=1S/C15H18ClN3/c1-11-2-3-12-9-13(15(16)18-14(12)8-11)10-19-6-4-17-5-7-19/h2-3,8-9,17H,4-7,10H2,1H3. The molecule has 0 saturated carbocycles. The van der Waals surface area contributed by atoms with Crippen LogP contribution >= 0.6 is 11.6 Å². The molecule has 0 atom stereocenters. The summed E-state index contributed by atoms with van der Waals surface area (Å²) in [5, 5.41) is 5.16. The van der Waals surface area contributed by atoms with E-state index in [1.54, 1.807) is 0 Å². The van der Waals surface area contributed by atoms with E-state index in [1.807, 2.05) is 0 Å². The predicted molar refractivity (Wildman–Crippen MR) is 79.6 cm³/mol. The van der Waals surface area contributed by atoms with Crippen LogP contribution in [0.3, 0.4) is 0 Å². The molecule has 0 amide bonds. The molecule has 0 bridgehead atoms. The number of halogens is 1. The highest BCUT2D eigenvalue weighted by Crippen LogP contribution is 2.22. The highest BCUT2D eigenvalue weighted by Gasteiger charge is 2.13. The summed E-state index contributed by atoms with van der Waals surface area (Å²) in [6.07, 6.45) is 0. The van der Waals surface area contributed by atoms with Gasteiger partial charge in [-0.3, -0.25) is 4.90 Å². The molecule has 1 fully saturated rings. The molecule has 19 heavy (non-hydrogen) atoms. The summed E-state index contributed by atoms with van der Waals surface area (Å²) in [5.74, 6) is 0.